The van der Waals surface area contributed by atoms with Gasteiger partial charge in [0.2, 0.25) is 0 Å². The molecule has 19 heavy (non-hydrogen) atoms. The van der Waals surface area contributed by atoms with E-state index in [0.717, 1.165) is 0 Å². The van der Waals surface area contributed by atoms with E-state index >= 15 is 0 Å². The molecule has 0 aromatic heterocycles. The van der Waals surface area contributed by atoms with Crippen LogP contribution >= 0.6 is 0 Å². The van der Waals surface area contributed by atoms with E-state index in [4.69, 9.17) is 20.2 Å². The first-order valence-electron chi connectivity index (χ1n) is 5.82. The monoisotopic (exact) mass is 273 g/mol. The summed E-state index contributed by atoms with van der Waals surface area (Å²) in [5.41, 5.74) is 0. The fraction of sp³-hybridized carbons (Fsp3) is 0.727. The van der Waals surface area contributed by atoms with Crippen molar-refractivity contribution in [2.75, 3.05) is 33.4 Å². The van der Waals surface area contributed by atoms with Crippen LogP contribution in [0, 0.1) is 11.3 Å². The highest BCUT2D eigenvalue weighted by Gasteiger charge is 2.15. The number of aliphatic carboxylic acids is 1. The zero-order chi connectivity index (χ0) is 14.7. The van der Waals surface area contributed by atoms with Gasteiger partial charge < -0.3 is 25.2 Å². The van der Waals surface area contributed by atoms with Gasteiger partial charge in [0, 0.05) is 33.2 Å². The van der Waals surface area contributed by atoms with E-state index in [0.29, 0.717) is 13.2 Å². The SMILES string of the molecule is COCCN(CCC#N)C(=O)NCCC(O)C(=O)O. The minimum Gasteiger partial charge on any atom is -0.479 e. The Morgan fingerprint density at radius 3 is 2.68 bits per heavy atom. The van der Waals surface area contributed by atoms with E-state index in [9.17, 15) is 9.59 Å². The lowest BCUT2D eigenvalue weighted by Gasteiger charge is -2.21. The largest absolute Gasteiger partial charge is 0.479 e. The lowest BCUT2D eigenvalue weighted by atomic mass is 10.2. The molecule has 1 unspecified atom stereocenters. The molecule has 0 fully saturated rings. The van der Waals surface area contributed by atoms with Gasteiger partial charge in [-0.3, -0.25) is 0 Å². The fourth-order valence-electron chi connectivity index (χ4n) is 1.25. The van der Waals surface area contributed by atoms with Crippen LogP contribution in [-0.2, 0) is 9.53 Å². The van der Waals surface area contributed by atoms with Crippen molar-refractivity contribution < 1.29 is 24.5 Å². The molecule has 2 amide bonds. The maximum absolute atomic E-state index is 11.7. The van der Waals surface area contributed by atoms with Gasteiger partial charge in [0.05, 0.1) is 19.1 Å². The summed E-state index contributed by atoms with van der Waals surface area (Å²) < 4.78 is 4.85. The van der Waals surface area contributed by atoms with Crippen molar-refractivity contribution in [3.63, 3.8) is 0 Å². The Balaban J connectivity index is 4.09. The highest BCUT2D eigenvalue weighted by molar-refractivity contribution is 5.74. The molecule has 0 heterocycles. The number of amides is 2. The van der Waals surface area contributed by atoms with Gasteiger partial charge in [-0.25, -0.2) is 9.59 Å². The number of carbonyl (C=O) groups excluding carboxylic acids is 1. The molecule has 0 aromatic carbocycles. The molecule has 8 heteroatoms. The Labute approximate surface area is 111 Å². The Morgan fingerprint density at radius 2 is 2.16 bits per heavy atom. The number of hydrogen-bond donors (Lipinski definition) is 3. The zero-order valence-corrected chi connectivity index (χ0v) is 10.8. The van der Waals surface area contributed by atoms with Gasteiger partial charge in [-0.15, -0.1) is 0 Å². The lowest BCUT2D eigenvalue weighted by molar-refractivity contribution is -0.146. The molecule has 108 valence electrons. The number of rotatable bonds is 9. The number of carboxylic acid groups (broad SMARTS) is 1. The van der Waals surface area contributed by atoms with E-state index in [1.807, 2.05) is 6.07 Å². The van der Waals surface area contributed by atoms with Crippen LogP contribution in [0.5, 0.6) is 0 Å². The Bertz CT molecular complexity index is 329. The predicted octanol–water partition coefficient (Wildman–Crippen LogP) is -0.606. The van der Waals surface area contributed by atoms with Crippen molar-refractivity contribution in [3.8, 4) is 6.07 Å². The van der Waals surface area contributed by atoms with Crippen LogP contribution in [0.25, 0.3) is 0 Å². The van der Waals surface area contributed by atoms with Crippen molar-refractivity contribution in [1.82, 2.24) is 10.2 Å². The minimum absolute atomic E-state index is 0.0440. The Kier molecular flexibility index (Phi) is 9.12. The summed E-state index contributed by atoms with van der Waals surface area (Å²) in [6, 6.07) is 1.53. The molecule has 0 saturated heterocycles. The van der Waals surface area contributed by atoms with Crippen LogP contribution in [0.4, 0.5) is 4.79 Å². The molecule has 0 rings (SSSR count). The minimum atomic E-state index is -1.49. The average Bonchev–Trinajstić information content (AvgIpc) is 2.38. The smallest absolute Gasteiger partial charge is 0.332 e. The molecular formula is C11H19N3O5. The molecule has 0 bridgehead atoms. The molecule has 0 aliphatic carbocycles. The maximum atomic E-state index is 11.7. The number of carboxylic acids is 1. The highest BCUT2D eigenvalue weighted by atomic mass is 16.5. The second-order valence-electron chi connectivity index (χ2n) is 3.76. The number of aliphatic hydroxyl groups is 1. The van der Waals surface area contributed by atoms with Gasteiger partial charge in [0.25, 0.3) is 0 Å². The van der Waals surface area contributed by atoms with Gasteiger partial charge in [0.1, 0.15) is 0 Å². The number of methoxy groups -OCH3 is 1. The third-order valence-electron chi connectivity index (χ3n) is 2.33. The second kappa shape index (κ2) is 10.1. The lowest BCUT2D eigenvalue weighted by Crippen LogP contribution is -2.43. The summed E-state index contributed by atoms with van der Waals surface area (Å²) in [6.07, 6.45) is -1.36. The molecule has 1 atom stereocenters. The van der Waals surface area contributed by atoms with Gasteiger partial charge >= 0.3 is 12.0 Å². The van der Waals surface area contributed by atoms with Crippen molar-refractivity contribution in [2.45, 2.75) is 18.9 Å². The topological polar surface area (TPSA) is 123 Å². The first-order valence-corrected chi connectivity index (χ1v) is 5.82. The Morgan fingerprint density at radius 1 is 1.47 bits per heavy atom. The number of nitriles is 1. The fourth-order valence-corrected chi connectivity index (χ4v) is 1.25. The summed E-state index contributed by atoms with van der Waals surface area (Å²) in [7, 11) is 1.50. The van der Waals surface area contributed by atoms with Crippen LogP contribution in [0.3, 0.4) is 0 Å². The molecule has 0 radical (unpaired) electrons. The summed E-state index contributed by atoms with van der Waals surface area (Å²) in [6.45, 7) is 0.998. The number of hydrogen-bond acceptors (Lipinski definition) is 5. The van der Waals surface area contributed by atoms with Crippen LogP contribution in [0.1, 0.15) is 12.8 Å². The van der Waals surface area contributed by atoms with E-state index in [1.54, 1.807) is 0 Å². The van der Waals surface area contributed by atoms with E-state index in [-0.39, 0.29) is 25.9 Å². The van der Waals surface area contributed by atoms with E-state index in [2.05, 4.69) is 5.32 Å². The summed E-state index contributed by atoms with van der Waals surface area (Å²) >= 11 is 0. The van der Waals surface area contributed by atoms with Crippen molar-refractivity contribution in [2.24, 2.45) is 0 Å². The van der Waals surface area contributed by atoms with Crippen LogP contribution in [0.2, 0.25) is 0 Å². The standard InChI is InChI=1S/C11H19N3O5/c1-19-8-7-14(6-2-4-12)11(18)13-5-3-9(15)10(16)17/h9,15H,2-3,5-8H2,1H3,(H,13,18)(H,16,17). The van der Waals surface area contributed by atoms with Crippen LogP contribution in [-0.4, -0.2) is 66.6 Å². The highest BCUT2D eigenvalue weighted by Crippen LogP contribution is 1.95. The molecule has 3 N–H and O–H groups in total. The number of nitrogens with one attached hydrogen (secondary N) is 1. The molecule has 0 saturated carbocycles. The average molecular weight is 273 g/mol. The molecule has 0 aliphatic heterocycles. The summed E-state index contributed by atoms with van der Waals surface area (Å²) in [5.74, 6) is -1.32. The quantitative estimate of drug-likeness (QED) is 0.515. The summed E-state index contributed by atoms with van der Waals surface area (Å²) in [5, 5.41) is 28.5. The molecule has 0 aliphatic rings. The number of aliphatic hydroxyl groups excluding tert-OH is 1. The second-order valence-corrected chi connectivity index (χ2v) is 3.76. The van der Waals surface area contributed by atoms with Crippen LogP contribution < -0.4 is 5.32 Å². The first-order chi connectivity index (χ1) is 9.02. The molecular weight excluding hydrogens is 254 g/mol. The normalized spacial score (nSPS) is 11.4. The maximum Gasteiger partial charge on any atom is 0.332 e. The van der Waals surface area contributed by atoms with Crippen molar-refractivity contribution >= 4 is 12.0 Å². The van der Waals surface area contributed by atoms with Gasteiger partial charge in [-0.05, 0) is 0 Å². The predicted molar refractivity (Wildman–Crippen MR) is 65.3 cm³/mol. The summed E-state index contributed by atoms with van der Waals surface area (Å²) in [4.78, 5) is 23.5. The Hall–Kier alpha value is -1.85. The van der Waals surface area contributed by atoms with E-state index < -0.39 is 18.1 Å². The zero-order valence-electron chi connectivity index (χ0n) is 10.8. The number of ether oxygens (including phenoxy) is 1. The third-order valence-corrected chi connectivity index (χ3v) is 2.33. The molecule has 0 spiro atoms. The van der Waals surface area contributed by atoms with E-state index in [1.165, 1.54) is 12.0 Å². The number of urea groups is 1. The third kappa shape index (κ3) is 7.96. The van der Waals surface area contributed by atoms with Gasteiger partial charge in [-0.2, -0.15) is 5.26 Å². The number of nitrogens with zero attached hydrogens (tertiary/aromatic N) is 2. The number of carbonyl (C=O) groups is 2. The van der Waals surface area contributed by atoms with Crippen LogP contribution in [0.15, 0.2) is 0 Å². The first kappa shape index (κ1) is 17.2. The van der Waals surface area contributed by atoms with Crippen molar-refractivity contribution in [3.05, 3.63) is 0 Å². The van der Waals surface area contributed by atoms with Gasteiger partial charge in [0.15, 0.2) is 6.10 Å². The molecule has 8 nitrogen and oxygen atoms in total. The van der Waals surface area contributed by atoms with Gasteiger partial charge in [-0.1, -0.05) is 0 Å². The van der Waals surface area contributed by atoms with Crippen molar-refractivity contribution in [1.29, 1.82) is 5.26 Å². The molecule has 0 aromatic rings.